The summed E-state index contributed by atoms with van der Waals surface area (Å²) in [4.78, 5) is 2.35. The van der Waals surface area contributed by atoms with Crippen LogP contribution in [0.3, 0.4) is 0 Å². The summed E-state index contributed by atoms with van der Waals surface area (Å²) in [6.07, 6.45) is 5.03. The van der Waals surface area contributed by atoms with Crippen LogP contribution >= 0.6 is 0 Å². The number of aliphatic hydroxyl groups excluding tert-OH is 1. The highest BCUT2D eigenvalue weighted by Crippen LogP contribution is 2.38. The molecule has 0 spiro atoms. The number of nitrogens with zero attached hydrogens (tertiary/aromatic N) is 1. The molecule has 2 N–H and O–H groups in total. The number of ether oxygens (including phenoxy) is 1. The average molecular weight is 300 g/mol. The molecule has 0 amide bonds. The van der Waals surface area contributed by atoms with Crippen molar-refractivity contribution in [2.24, 2.45) is 5.92 Å². The Hall–Kier alpha value is -0.160. The van der Waals surface area contributed by atoms with E-state index in [4.69, 9.17) is 4.74 Å². The highest BCUT2D eigenvalue weighted by Gasteiger charge is 2.42. The number of likely N-dealkylation sites (N-methyl/N-ethyl adjacent to an activating group) is 1. The molecular weight excluding hydrogens is 264 g/mol. The van der Waals surface area contributed by atoms with Gasteiger partial charge in [0.2, 0.25) is 0 Å². The van der Waals surface area contributed by atoms with Gasteiger partial charge in [-0.1, -0.05) is 20.3 Å². The van der Waals surface area contributed by atoms with Crippen molar-refractivity contribution >= 4 is 0 Å². The van der Waals surface area contributed by atoms with E-state index >= 15 is 0 Å². The molecule has 0 radical (unpaired) electrons. The number of hydrogen-bond donors (Lipinski definition) is 2. The van der Waals surface area contributed by atoms with Gasteiger partial charge in [-0.2, -0.15) is 0 Å². The smallest absolute Gasteiger partial charge is 0.0616 e. The zero-order chi connectivity index (χ0) is 15.9. The molecule has 1 aliphatic carbocycles. The first-order chi connectivity index (χ1) is 9.89. The quantitative estimate of drug-likeness (QED) is 0.649. The molecule has 1 aliphatic rings. The van der Waals surface area contributed by atoms with E-state index in [9.17, 15) is 5.11 Å². The highest BCUT2D eigenvalue weighted by atomic mass is 16.5. The van der Waals surface area contributed by atoms with E-state index in [-0.39, 0.29) is 12.1 Å². The van der Waals surface area contributed by atoms with Crippen LogP contribution in [0.4, 0.5) is 0 Å². The van der Waals surface area contributed by atoms with E-state index < -0.39 is 0 Å². The van der Waals surface area contributed by atoms with Crippen molar-refractivity contribution in [3.05, 3.63) is 0 Å². The van der Waals surface area contributed by atoms with Crippen LogP contribution in [0, 0.1) is 5.92 Å². The summed E-state index contributed by atoms with van der Waals surface area (Å²) in [5.41, 5.74) is -0.0521. The lowest BCUT2D eigenvalue weighted by molar-refractivity contribution is 0.0599. The highest BCUT2D eigenvalue weighted by molar-refractivity contribution is 4.99. The van der Waals surface area contributed by atoms with Crippen molar-refractivity contribution < 1.29 is 9.84 Å². The van der Waals surface area contributed by atoms with Crippen molar-refractivity contribution in [3.8, 4) is 0 Å². The van der Waals surface area contributed by atoms with Crippen LogP contribution in [0.2, 0.25) is 0 Å². The third kappa shape index (κ3) is 6.23. The number of aliphatic hydroxyl groups is 1. The van der Waals surface area contributed by atoms with E-state index in [0.29, 0.717) is 18.1 Å². The van der Waals surface area contributed by atoms with Crippen molar-refractivity contribution in [1.82, 2.24) is 10.2 Å². The zero-order valence-corrected chi connectivity index (χ0v) is 14.7. The minimum absolute atomic E-state index is 0.0521. The second kappa shape index (κ2) is 9.09. The summed E-state index contributed by atoms with van der Waals surface area (Å²) in [6, 6.07) is 0.426. The molecular formula is C17H36N2O2. The van der Waals surface area contributed by atoms with Gasteiger partial charge in [-0.05, 0) is 52.6 Å². The van der Waals surface area contributed by atoms with Crippen LogP contribution in [-0.4, -0.2) is 61.0 Å². The van der Waals surface area contributed by atoms with Crippen molar-refractivity contribution in [1.29, 1.82) is 0 Å². The topological polar surface area (TPSA) is 44.7 Å². The zero-order valence-electron chi connectivity index (χ0n) is 14.7. The Morgan fingerprint density at radius 1 is 1.29 bits per heavy atom. The molecule has 21 heavy (non-hydrogen) atoms. The van der Waals surface area contributed by atoms with Gasteiger partial charge in [0.15, 0.2) is 0 Å². The van der Waals surface area contributed by atoms with Gasteiger partial charge in [0, 0.05) is 18.1 Å². The third-order valence-electron chi connectivity index (χ3n) is 4.60. The Labute approximate surface area is 131 Å². The van der Waals surface area contributed by atoms with E-state index in [1.54, 1.807) is 0 Å². The van der Waals surface area contributed by atoms with Crippen molar-refractivity contribution in [2.75, 3.05) is 33.4 Å². The summed E-state index contributed by atoms with van der Waals surface area (Å²) in [6.45, 7) is 11.6. The Kier molecular flexibility index (Phi) is 8.17. The summed E-state index contributed by atoms with van der Waals surface area (Å²) >= 11 is 0. The summed E-state index contributed by atoms with van der Waals surface area (Å²) in [5.74, 6) is 0.582. The predicted octanol–water partition coefficient (Wildman–Crippen LogP) is 2.26. The van der Waals surface area contributed by atoms with Crippen LogP contribution in [0.5, 0.6) is 0 Å². The first-order valence-corrected chi connectivity index (χ1v) is 8.58. The fraction of sp³-hybridized carbons (Fsp3) is 1.00. The summed E-state index contributed by atoms with van der Waals surface area (Å²) < 4.78 is 5.61. The molecule has 1 fully saturated rings. The third-order valence-corrected chi connectivity index (χ3v) is 4.60. The van der Waals surface area contributed by atoms with Gasteiger partial charge in [-0.3, -0.25) is 0 Å². The molecule has 4 nitrogen and oxygen atoms in total. The normalized spacial score (nSPS) is 26.4. The van der Waals surface area contributed by atoms with Gasteiger partial charge in [-0.15, -0.1) is 0 Å². The van der Waals surface area contributed by atoms with Crippen LogP contribution in [-0.2, 0) is 4.74 Å². The maximum Gasteiger partial charge on any atom is 0.0616 e. The van der Waals surface area contributed by atoms with Crippen molar-refractivity contribution in [2.45, 2.75) is 71.1 Å². The van der Waals surface area contributed by atoms with Crippen molar-refractivity contribution in [3.63, 3.8) is 0 Å². The van der Waals surface area contributed by atoms with Crippen LogP contribution in [0.1, 0.15) is 53.4 Å². The largest absolute Gasteiger partial charge is 0.394 e. The first-order valence-electron chi connectivity index (χ1n) is 8.58. The lowest BCUT2D eigenvalue weighted by Crippen LogP contribution is -2.54. The Morgan fingerprint density at radius 3 is 2.57 bits per heavy atom. The predicted molar refractivity (Wildman–Crippen MR) is 88.6 cm³/mol. The first kappa shape index (κ1) is 18.9. The minimum atomic E-state index is -0.0521. The maximum atomic E-state index is 9.91. The summed E-state index contributed by atoms with van der Waals surface area (Å²) in [5, 5.41) is 13.6. The van der Waals surface area contributed by atoms with Gasteiger partial charge in [0.25, 0.3) is 0 Å². The van der Waals surface area contributed by atoms with Gasteiger partial charge < -0.3 is 20.1 Å². The van der Waals surface area contributed by atoms with E-state index in [1.807, 2.05) is 0 Å². The average Bonchev–Trinajstić information content (AvgIpc) is 2.78. The Morgan fingerprint density at radius 2 is 2.00 bits per heavy atom. The number of rotatable bonds is 10. The lowest BCUT2D eigenvalue weighted by atomic mass is 9.84. The monoisotopic (exact) mass is 300 g/mol. The van der Waals surface area contributed by atoms with E-state index in [0.717, 1.165) is 32.5 Å². The molecule has 126 valence electrons. The van der Waals surface area contributed by atoms with E-state index in [2.05, 4.69) is 45.0 Å². The Bertz CT molecular complexity index is 284. The number of hydrogen-bond acceptors (Lipinski definition) is 4. The molecule has 0 bridgehead atoms. The second-order valence-corrected chi connectivity index (χ2v) is 7.21. The van der Waals surface area contributed by atoms with E-state index in [1.165, 1.54) is 12.8 Å². The minimum Gasteiger partial charge on any atom is -0.394 e. The fourth-order valence-electron chi connectivity index (χ4n) is 3.52. The SMILES string of the molecule is CC(C)NC1(CO)CCCC1CCN(C)CCOC(C)C. The fourth-order valence-corrected chi connectivity index (χ4v) is 3.52. The molecule has 0 aromatic rings. The molecule has 0 aliphatic heterocycles. The molecule has 4 heteroatoms. The number of nitrogens with one attached hydrogen (secondary N) is 1. The molecule has 2 unspecified atom stereocenters. The van der Waals surface area contributed by atoms with Gasteiger partial charge in [0.05, 0.1) is 19.3 Å². The standard InChI is InChI=1S/C17H36N2O2/c1-14(2)18-17(13-20)9-6-7-16(17)8-10-19(5)11-12-21-15(3)4/h14-16,18,20H,6-13H2,1-5H3. The van der Waals surface area contributed by atoms with Gasteiger partial charge >= 0.3 is 0 Å². The molecule has 1 rings (SSSR count). The van der Waals surface area contributed by atoms with Gasteiger partial charge in [0.1, 0.15) is 0 Å². The molecule has 0 saturated heterocycles. The summed E-state index contributed by atoms with van der Waals surface area (Å²) in [7, 11) is 2.16. The Balaban J connectivity index is 2.38. The lowest BCUT2D eigenvalue weighted by Gasteiger charge is -2.37. The maximum absolute atomic E-state index is 9.91. The molecule has 0 aromatic heterocycles. The molecule has 0 aromatic carbocycles. The van der Waals surface area contributed by atoms with Crippen LogP contribution in [0.15, 0.2) is 0 Å². The molecule has 1 saturated carbocycles. The van der Waals surface area contributed by atoms with Crippen LogP contribution in [0.25, 0.3) is 0 Å². The molecule has 2 atom stereocenters. The molecule has 0 heterocycles. The van der Waals surface area contributed by atoms with Crippen LogP contribution < -0.4 is 5.32 Å². The second-order valence-electron chi connectivity index (χ2n) is 7.21. The van der Waals surface area contributed by atoms with Gasteiger partial charge in [-0.25, -0.2) is 0 Å².